The summed E-state index contributed by atoms with van der Waals surface area (Å²) in [7, 11) is 1.85. The van der Waals surface area contributed by atoms with Gasteiger partial charge in [-0.2, -0.15) is 0 Å². The fourth-order valence-electron chi connectivity index (χ4n) is 2.21. The van der Waals surface area contributed by atoms with Crippen LogP contribution in [0.2, 0.25) is 0 Å². The SMILES string of the molecule is CNC(c1cc(C)cc(F)c1)C1COCCO1. The van der Waals surface area contributed by atoms with Gasteiger partial charge in [-0.05, 0) is 37.2 Å². The van der Waals surface area contributed by atoms with Gasteiger partial charge in [0, 0.05) is 0 Å². The summed E-state index contributed by atoms with van der Waals surface area (Å²) >= 11 is 0. The summed E-state index contributed by atoms with van der Waals surface area (Å²) in [4.78, 5) is 0. The van der Waals surface area contributed by atoms with Gasteiger partial charge in [0.25, 0.3) is 0 Å². The van der Waals surface area contributed by atoms with E-state index in [4.69, 9.17) is 9.47 Å². The van der Waals surface area contributed by atoms with Crippen molar-refractivity contribution in [3.05, 3.63) is 35.1 Å². The molecule has 1 aliphatic heterocycles. The molecule has 0 amide bonds. The first-order valence-electron chi connectivity index (χ1n) is 5.84. The molecule has 2 atom stereocenters. The van der Waals surface area contributed by atoms with Crippen molar-refractivity contribution < 1.29 is 13.9 Å². The summed E-state index contributed by atoms with van der Waals surface area (Å²) in [5.74, 6) is -0.211. The van der Waals surface area contributed by atoms with Gasteiger partial charge >= 0.3 is 0 Å². The van der Waals surface area contributed by atoms with Crippen molar-refractivity contribution in [1.29, 1.82) is 0 Å². The lowest BCUT2D eigenvalue weighted by atomic mass is 9.99. The van der Waals surface area contributed by atoms with Crippen LogP contribution in [0.25, 0.3) is 0 Å². The van der Waals surface area contributed by atoms with E-state index in [9.17, 15) is 4.39 Å². The number of likely N-dealkylation sites (N-methyl/N-ethyl adjacent to an activating group) is 1. The van der Waals surface area contributed by atoms with Gasteiger partial charge in [-0.3, -0.25) is 0 Å². The van der Waals surface area contributed by atoms with Crippen LogP contribution in [-0.2, 0) is 9.47 Å². The number of halogens is 1. The minimum absolute atomic E-state index is 0.0373. The largest absolute Gasteiger partial charge is 0.376 e. The second-order valence-corrected chi connectivity index (χ2v) is 4.31. The minimum atomic E-state index is -0.211. The lowest BCUT2D eigenvalue weighted by molar-refractivity contribution is -0.101. The zero-order valence-corrected chi connectivity index (χ0v) is 10.2. The van der Waals surface area contributed by atoms with Crippen molar-refractivity contribution in [3.63, 3.8) is 0 Å². The quantitative estimate of drug-likeness (QED) is 0.872. The van der Waals surface area contributed by atoms with Crippen LogP contribution in [0.5, 0.6) is 0 Å². The first-order valence-corrected chi connectivity index (χ1v) is 5.84. The number of benzene rings is 1. The molecule has 94 valence electrons. The van der Waals surface area contributed by atoms with Crippen molar-refractivity contribution in [1.82, 2.24) is 5.32 Å². The third-order valence-corrected chi connectivity index (χ3v) is 2.95. The summed E-state index contributed by atoms with van der Waals surface area (Å²) in [5.41, 5.74) is 1.82. The molecule has 2 unspecified atom stereocenters. The van der Waals surface area contributed by atoms with Gasteiger partial charge in [0.1, 0.15) is 11.9 Å². The van der Waals surface area contributed by atoms with Crippen LogP contribution in [0, 0.1) is 12.7 Å². The Morgan fingerprint density at radius 2 is 2.18 bits per heavy atom. The summed E-state index contributed by atoms with van der Waals surface area (Å²) in [6.45, 7) is 3.66. The number of hydrogen-bond acceptors (Lipinski definition) is 3. The van der Waals surface area contributed by atoms with Crippen LogP contribution < -0.4 is 5.32 Å². The third kappa shape index (κ3) is 3.03. The van der Waals surface area contributed by atoms with Crippen molar-refractivity contribution >= 4 is 0 Å². The van der Waals surface area contributed by atoms with E-state index < -0.39 is 0 Å². The molecular weight excluding hydrogens is 221 g/mol. The van der Waals surface area contributed by atoms with Gasteiger partial charge in [0.05, 0.1) is 25.9 Å². The van der Waals surface area contributed by atoms with Crippen LogP contribution >= 0.6 is 0 Å². The van der Waals surface area contributed by atoms with Crippen LogP contribution in [0.15, 0.2) is 18.2 Å². The Morgan fingerprint density at radius 1 is 1.35 bits per heavy atom. The highest BCUT2D eigenvalue weighted by molar-refractivity contribution is 5.27. The molecule has 4 heteroatoms. The Morgan fingerprint density at radius 3 is 2.76 bits per heavy atom. The van der Waals surface area contributed by atoms with Crippen LogP contribution in [0.1, 0.15) is 17.2 Å². The zero-order chi connectivity index (χ0) is 12.3. The number of rotatable bonds is 3. The van der Waals surface area contributed by atoms with E-state index in [-0.39, 0.29) is 18.0 Å². The third-order valence-electron chi connectivity index (χ3n) is 2.95. The summed E-state index contributed by atoms with van der Waals surface area (Å²) in [5, 5.41) is 3.17. The molecule has 0 aliphatic carbocycles. The molecule has 1 aromatic carbocycles. The van der Waals surface area contributed by atoms with E-state index in [1.165, 1.54) is 6.07 Å². The Bertz CT molecular complexity index is 357. The lowest BCUT2D eigenvalue weighted by Crippen LogP contribution is -2.39. The predicted octanol–water partition coefficient (Wildman–Crippen LogP) is 1.81. The van der Waals surface area contributed by atoms with Crippen molar-refractivity contribution in [3.8, 4) is 0 Å². The maximum Gasteiger partial charge on any atom is 0.123 e. The average Bonchev–Trinajstić information content (AvgIpc) is 2.30. The number of nitrogens with one attached hydrogen (secondary N) is 1. The molecule has 2 rings (SSSR count). The fourth-order valence-corrected chi connectivity index (χ4v) is 2.21. The predicted molar refractivity (Wildman–Crippen MR) is 63.5 cm³/mol. The summed E-state index contributed by atoms with van der Waals surface area (Å²) < 4.78 is 24.4. The molecular formula is C13H18FNO2. The second kappa shape index (κ2) is 5.58. The number of aryl methyl sites for hydroxylation is 1. The van der Waals surface area contributed by atoms with E-state index in [0.717, 1.165) is 11.1 Å². The number of hydrogen-bond donors (Lipinski definition) is 1. The van der Waals surface area contributed by atoms with Crippen LogP contribution in [0.4, 0.5) is 4.39 Å². The molecule has 0 spiro atoms. The monoisotopic (exact) mass is 239 g/mol. The zero-order valence-electron chi connectivity index (χ0n) is 10.2. The van der Waals surface area contributed by atoms with E-state index in [0.29, 0.717) is 19.8 Å². The molecule has 0 radical (unpaired) electrons. The molecule has 1 N–H and O–H groups in total. The highest BCUT2D eigenvalue weighted by Crippen LogP contribution is 2.23. The maximum absolute atomic E-state index is 13.4. The highest BCUT2D eigenvalue weighted by Gasteiger charge is 2.25. The van der Waals surface area contributed by atoms with E-state index in [1.807, 2.05) is 20.0 Å². The van der Waals surface area contributed by atoms with Gasteiger partial charge in [-0.25, -0.2) is 4.39 Å². The normalized spacial score (nSPS) is 22.4. The van der Waals surface area contributed by atoms with Crippen LogP contribution in [-0.4, -0.2) is 33.0 Å². The maximum atomic E-state index is 13.4. The van der Waals surface area contributed by atoms with Gasteiger partial charge in [-0.15, -0.1) is 0 Å². The van der Waals surface area contributed by atoms with Crippen molar-refractivity contribution in [2.24, 2.45) is 0 Å². The lowest BCUT2D eigenvalue weighted by Gasteiger charge is -2.30. The standard InChI is InChI=1S/C13H18FNO2/c1-9-5-10(7-11(14)6-9)13(15-2)12-8-16-3-4-17-12/h5-7,12-13,15H,3-4,8H2,1-2H3. The molecule has 1 aromatic rings. The average molecular weight is 239 g/mol. The Hall–Kier alpha value is -0.970. The minimum Gasteiger partial charge on any atom is -0.376 e. The topological polar surface area (TPSA) is 30.5 Å². The van der Waals surface area contributed by atoms with Gasteiger partial charge < -0.3 is 14.8 Å². The van der Waals surface area contributed by atoms with Crippen LogP contribution in [0.3, 0.4) is 0 Å². The molecule has 1 heterocycles. The molecule has 0 saturated carbocycles. The second-order valence-electron chi connectivity index (χ2n) is 4.31. The molecule has 17 heavy (non-hydrogen) atoms. The number of ether oxygens (including phenoxy) is 2. The van der Waals surface area contributed by atoms with Crippen molar-refractivity contribution in [2.75, 3.05) is 26.9 Å². The molecule has 1 saturated heterocycles. The Balaban J connectivity index is 2.21. The van der Waals surface area contributed by atoms with Crippen molar-refractivity contribution in [2.45, 2.75) is 19.1 Å². The molecule has 0 bridgehead atoms. The molecule has 3 nitrogen and oxygen atoms in total. The Labute approximate surface area is 101 Å². The smallest absolute Gasteiger partial charge is 0.123 e. The first-order chi connectivity index (χ1) is 8.20. The highest BCUT2D eigenvalue weighted by atomic mass is 19.1. The first kappa shape index (κ1) is 12.5. The summed E-state index contributed by atoms with van der Waals surface area (Å²) in [6, 6.07) is 5.01. The van der Waals surface area contributed by atoms with E-state index in [1.54, 1.807) is 6.07 Å². The molecule has 0 aromatic heterocycles. The Kier molecular flexibility index (Phi) is 4.10. The van der Waals surface area contributed by atoms with Gasteiger partial charge in [-0.1, -0.05) is 6.07 Å². The van der Waals surface area contributed by atoms with Gasteiger partial charge in [0.15, 0.2) is 0 Å². The summed E-state index contributed by atoms with van der Waals surface area (Å²) in [6.07, 6.45) is -0.0602. The molecule has 1 aliphatic rings. The van der Waals surface area contributed by atoms with Gasteiger partial charge in [0.2, 0.25) is 0 Å². The van der Waals surface area contributed by atoms with E-state index in [2.05, 4.69) is 5.32 Å². The molecule has 1 fully saturated rings. The van der Waals surface area contributed by atoms with E-state index >= 15 is 0 Å². The fraction of sp³-hybridized carbons (Fsp3) is 0.538.